The molecule has 0 radical (unpaired) electrons. The van der Waals surface area contributed by atoms with Crippen LogP contribution in [0.3, 0.4) is 0 Å². The van der Waals surface area contributed by atoms with Crippen molar-refractivity contribution in [2.24, 2.45) is 0 Å². The van der Waals surface area contributed by atoms with Crippen LogP contribution in [0.1, 0.15) is 13.3 Å². The minimum Gasteiger partial charge on any atom is -0.389 e. The third kappa shape index (κ3) is 4.47. The van der Waals surface area contributed by atoms with Gasteiger partial charge in [-0.25, -0.2) is 0 Å². The van der Waals surface area contributed by atoms with E-state index < -0.39 is 6.10 Å². The number of methoxy groups -OCH3 is 1. The van der Waals surface area contributed by atoms with Crippen molar-refractivity contribution >= 4 is 5.91 Å². The Morgan fingerprint density at radius 1 is 1.38 bits per heavy atom. The molecule has 0 aromatic rings. The Labute approximate surface area is 97.0 Å². The van der Waals surface area contributed by atoms with Gasteiger partial charge in [0.05, 0.1) is 12.7 Å². The monoisotopic (exact) mass is 230 g/mol. The number of β-amino-alcohol motifs (C(OH)–C–C–N with tert-alkyl or cyclic N) is 1. The predicted octanol–water partition coefficient (Wildman–Crippen LogP) is -0.452. The van der Waals surface area contributed by atoms with Gasteiger partial charge < -0.3 is 14.7 Å². The summed E-state index contributed by atoms with van der Waals surface area (Å²) in [5.41, 5.74) is 0. The molecule has 1 atom stereocenters. The third-order valence-electron chi connectivity index (χ3n) is 2.86. The summed E-state index contributed by atoms with van der Waals surface area (Å²) in [6.45, 7) is 5.95. The van der Waals surface area contributed by atoms with Crippen molar-refractivity contribution in [1.82, 2.24) is 9.80 Å². The van der Waals surface area contributed by atoms with Gasteiger partial charge in [-0.15, -0.1) is 0 Å². The van der Waals surface area contributed by atoms with E-state index in [4.69, 9.17) is 4.74 Å². The number of amides is 1. The van der Waals surface area contributed by atoms with Crippen molar-refractivity contribution in [2.45, 2.75) is 19.4 Å². The summed E-state index contributed by atoms with van der Waals surface area (Å²) in [7, 11) is 1.59. The number of hydrogen-bond acceptors (Lipinski definition) is 4. The number of hydrogen-bond donors (Lipinski definition) is 1. The van der Waals surface area contributed by atoms with E-state index in [1.807, 2.05) is 4.90 Å². The van der Waals surface area contributed by atoms with Gasteiger partial charge in [0.25, 0.3) is 0 Å². The van der Waals surface area contributed by atoms with E-state index in [2.05, 4.69) is 4.90 Å². The minimum atomic E-state index is -0.436. The molecule has 1 amide bonds. The van der Waals surface area contributed by atoms with Gasteiger partial charge in [-0.1, -0.05) is 0 Å². The maximum absolute atomic E-state index is 11.2. The van der Waals surface area contributed by atoms with Gasteiger partial charge in [-0.05, 0) is 13.0 Å². The van der Waals surface area contributed by atoms with Gasteiger partial charge in [-0.2, -0.15) is 0 Å². The van der Waals surface area contributed by atoms with E-state index in [1.54, 1.807) is 14.0 Å². The molecule has 1 rings (SSSR count). The van der Waals surface area contributed by atoms with Gasteiger partial charge in [0, 0.05) is 40.2 Å². The lowest BCUT2D eigenvalue weighted by Gasteiger charge is -2.23. The molecule has 1 unspecified atom stereocenters. The lowest BCUT2D eigenvalue weighted by molar-refractivity contribution is -0.128. The molecule has 0 bridgehead atoms. The topological polar surface area (TPSA) is 53.0 Å². The van der Waals surface area contributed by atoms with Crippen LogP contribution < -0.4 is 0 Å². The second kappa shape index (κ2) is 6.83. The van der Waals surface area contributed by atoms with Crippen molar-refractivity contribution in [1.29, 1.82) is 0 Å². The minimum absolute atomic E-state index is 0.138. The highest BCUT2D eigenvalue weighted by molar-refractivity contribution is 5.73. The first-order valence-corrected chi connectivity index (χ1v) is 5.78. The summed E-state index contributed by atoms with van der Waals surface area (Å²) in [5.74, 6) is 0.138. The van der Waals surface area contributed by atoms with Crippen LogP contribution in [0.2, 0.25) is 0 Å². The zero-order valence-electron chi connectivity index (χ0n) is 10.2. The lowest BCUT2D eigenvalue weighted by atomic mass is 10.3. The first kappa shape index (κ1) is 13.4. The van der Waals surface area contributed by atoms with Crippen molar-refractivity contribution in [3.05, 3.63) is 0 Å². The molecule has 5 nitrogen and oxygen atoms in total. The molecule has 0 spiro atoms. The fraction of sp³-hybridized carbons (Fsp3) is 0.909. The number of carbonyl (C=O) groups is 1. The normalized spacial score (nSPS) is 20.6. The Kier molecular flexibility index (Phi) is 5.73. The number of nitrogens with zero attached hydrogens (tertiary/aromatic N) is 2. The summed E-state index contributed by atoms with van der Waals surface area (Å²) in [5, 5.41) is 9.62. The number of ether oxygens (including phenoxy) is 1. The molecule has 1 N–H and O–H groups in total. The zero-order valence-corrected chi connectivity index (χ0v) is 10.2. The predicted molar refractivity (Wildman–Crippen MR) is 61.2 cm³/mol. The Balaban J connectivity index is 2.32. The molecule has 16 heavy (non-hydrogen) atoms. The summed E-state index contributed by atoms with van der Waals surface area (Å²) in [4.78, 5) is 15.3. The second-order valence-corrected chi connectivity index (χ2v) is 4.27. The molecular weight excluding hydrogens is 208 g/mol. The standard InChI is InChI=1S/C11H22N2O3/c1-10(14)13-5-3-4-12(6-7-13)8-11(15)9-16-2/h11,15H,3-9H2,1-2H3. The molecule has 1 aliphatic heterocycles. The van der Waals surface area contributed by atoms with E-state index >= 15 is 0 Å². The largest absolute Gasteiger partial charge is 0.389 e. The van der Waals surface area contributed by atoms with Gasteiger partial charge in [0.1, 0.15) is 0 Å². The van der Waals surface area contributed by atoms with Gasteiger partial charge in [0.15, 0.2) is 0 Å². The van der Waals surface area contributed by atoms with Crippen molar-refractivity contribution in [2.75, 3.05) is 46.4 Å². The average molecular weight is 230 g/mol. The molecule has 5 heteroatoms. The maximum Gasteiger partial charge on any atom is 0.219 e. The van der Waals surface area contributed by atoms with Crippen molar-refractivity contribution in [3.63, 3.8) is 0 Å². The number of aliphatic hydroxyl groups excluding tert-OH is 1. The molecule has 1 aliphatic rings. The number of aliphatic hydroxyl groups is 1. The summed E-state index contributed by atoms with van der Waals surface area (Å²) in [6.07, 6.45) is 0.535. The van der Waals surface area contributed by atoms with Crippen LogP contribution in [0.4, 0.5) is 0 Å². The smallest absolute Gasteiger partial charge is 0.219 e. The molecule has 0 aliphatic carbocycles. The number of rotatable bonds is 4. The maximum atomic E-state index is 11.2. The highest BCUT2D eigenvalue weighted by atomic mass is 16.5. The molecule has 1 saturated heterocycles. The summed E-state index contributed by atoms with van der Waals surface area (Å²) < 4.78 is 4.89. The Morgan fingerprint density at radius 3 is 2.75 bits per heavy atom. The molecular formula is C11H22N2O3. The van der Waals surface area contributed by atoms with E-state index in [9.17, 15) is 9.90 Å². The van der Waals surface area contributed by atoms with Gasteiger partial charge >= 0.3 is 0 Å². The SMILES string of the molecule is COCC(O)CN1CCCN(C(C)=O)CC1. The second-order valence-electron chi connectivity index (χ2n) is 4.27. The van der Waals surface area contributed by atoms with Gasteiger partial charge in [0.2, 0.25) is 5.91 Å². The van der Waals surface area contributed by atoms with Crippen LogP contribution in [0.15, 0.2) is 0 Å². The van der Waals surface area contributed by atoms with Crippen molar-refractivity contribution < 1.29 is 14.6 Å². The number of carbonyl (C=O) groups excluding carboxylic acids is 1. The fourth-order valence-corrected chi connectivity index (χ4v) is 2.01. The summed E-state index contributed by atoms with van der Waals surface area (Å²) in [6, 6.07) is 0. The summed E-state index contributed by atoms with van der Waals surface area (Å²) >= 11 is 0. The van der Waals surface area contributed by atoms with Crippen LogP contribution in [0, 0.1) is 0 Å². The molecule has 1 heterocycles. The van der Waals surface area contributed by atoms with Gasteiger partial charge in [-0.3, -0.25) is 9.69 Å². The Morgan fingerprint density at radius 2 is 2.12 bits per heavy atom. The Hall–Kier alpha value is -0.650. The van der Waals surface area contributed by atoms with E-state index in [0.29, 0.717) is 13.2 Å². The van der Waals surface area contributed by atoms with E-state index in [1.165, 1.54) is 0 Å². The van der Waals surface area contributed by atoms with Crippen LogP contribution in [-0.2, 0) is 9.53 Å². The molecule has 94 valence electrons. The Bertz CT molecular complexity index is 223. The van der Waals surface area contributed by atoms with Crippen LogP contribution in [0.25, 0.3) is 0 Å². The zero-order chi connectivity index (χ0) is 12.0. The van der Waals surface area contributed by atoms with Crippen molar-refractivity contribution in [3.8, 4) is 0 Å². The first-order valence-electron chi connectivity index (χ1n) is 5.78. The molecule has 0 aromatic heterocycles. The quantitative estimate of drug-likeness (QED) is 0.710. The highest BCUT2D eigenvalue weighted by Crippen LogP contribution is 2.04. The van der Waals surface area contributed by atoms with Crippen LogP contribution >= 0.6 is 0 Å². The lowest BCUT2D eigenvalue weighted by Crippen LogP contribution is -2.38. The average Bonchev–Trinajstić information content (AvgIpc) is 2.43. The van der Waals surface area contributed by atoms with Crippen LogP contribution in [0.5, 0.6) is 0 Å². The molecule has 1 fully saturated rings. The molecule has 0 saturated carbocycles. The van der Waals surface area contributed by atoms with Crippen LogP contribution in [-0.4, -0.2) is 73.4 Å². The third-order valence-corrected chi connectivity index (χ3v) is 2.86. The van der Waals surface area contributed by atoms with E-state index in [0.717, 1.165) is 32.6 Å². The fourth-order valence-electron chi connectivity index (χ4n) is 2.01. The molecule has 0 aromatic carbocycles. The highest BCUT2D eigenvalue weighted by Gasteiger charge is 2.18. The van der Waals surface area contributed by atoms with E-state index in [-0.39, 0.29) is 5.91 Å². The first-order chi connectivity index (χ1) is 7.63.